The third kappa shape index (κ3) is 3.83. The van der Waals surface area contributed by atoms with Gasteiger partial charge in [0.05, 0.1) is 6.61 Å². The maximum Gasteiger partial charge on any atom is 0.0702 e. The standard InChI is InChI=1S/C13H21NO2/c1-14(9-5-2-6-10-15)13-8-4-3-7-12(13)11-16/h3-4,7-8,15-16H,2,5-6,9-11H2,1H3. The molecule has 0 atom stereocenters. The van der Waals surface area contributed by atoms with Gasteiger partial charge in [-0.2, -0.15) is 0 Å². The van der Waals surface area contributed by atoms with Crippen molar-refractivity contribution in [1.82, 2.24) is 0 Å². The number of hydrogen-bond donors (Lipinski definition) is 2. The van der Waals surface area contributed by atoms with Crippen LogP contribution in [0.15, 0.2) is 24.3 Å². The topological polar surface area (TPSA) is 43.7 Å². The minimum absolute atomic E-state index is 0.0805. The molecule has 0 unspecified atom stereocenters. The summed E-state index contributed by atoms with van der Waals surface area (Å²) < 4.78 is 0. The molecule has 0 aliphatic rings. The van der Waals surface area contributed by atoms with Gasteiger partial charge in [0.25, 0.3) is 0 Å². The van der Waals surface area contributed by atoms with Crippen LogP contribution in [0.4, 0.5) is 5.69 Å². The smallest absolute Gasteiger partial charge is 0.0702 e. The number of unbranched alkanes of at least 4 members (excludes halogenated alkanes) is 2. The minimum atomic E-state index is 0.0805. The lowest BCUT2D eigenvalue weighted by molar-refractivity contribution is 0.281. The molecule has 1 rings (SSSR count). The molecule has 0 aliphatic carbocycles. The Kier molecular flexibility index (Phi) is 5.90. The van der Waals surface area contributed by atoms with Crippen molar-refractivity contribution in [3.63, 3.8) is 0 Å². The third-order valence-electron chi connectivity index (χ3n) is 2.72. The molecule has 0 aromatic heterocycles. The van der Waals surface area contributed by atoms with Crippen LogP contribution in [0, 0.1) is 0 Å². The van der Waals surface area contributed by atoms with Crippen LogP contribution in [0.5, 0.6) is 0 Å². The van der Waals surface area contributed by atoms with Crippen molar-refractivity contribution < 1.29 is 10.2 Å². The van der Waals surface area contributed by atoms with Crippen LogP contribution in [-0.4, -0.2) is 30.4 Å². The summed E-state index contributed by atoms with van der Waals surface area (Å²) >= 11 is 0. The summed E-state index contributed by atoms with van der Waals surface area (Å²) in [6, 6.07) is 7.89. The second-order valence-electron chi connectivity index (χ2n) is 3.99. The van der Waals surface area contributed by atoms with Crippen molar-refractivity contribution in [1.29, 1.82) is 0 Å². The quantitative estimate of drug-likeness (QED) is 0.692. The first kappa shape index (κ1) is 13.0. The van der Waals surface area contributed by atoms with Crippen LogP contribution in [-0.2, 0) is 6.61 Å². The number of anilines is 1. The third-order valence-corrected chi connectivity index (χ3v) is 2.72. The van der Waals surface area contributed by atoms with Gasteiger partial charge in [0, 0.05) is 31.5 Å². The van der Waals surface area contributed by atoms with Crippen molar-refractivity contribution in [2.45, 2.75) is 25.9 Å². The Hall–Kier alpha value is -1.06. The van der Waals surface area contributed by atoms with Crippen molar-refractivity contribution >= 4 is 5.69 Å². The second kappa shape index (κ2) is 7.25. The summed E-state index contributed by atoms with van der Waals surface area (Å²) in [7, 11) is 2.04. The van der Waals surface area contributed by atoms with Crippen LogP contribution in [0.2, 0.25) is 0 Å². The van der Waals surface area contributed by atoms with E-state index in [-0.39, 0.29) is 13.2 Å². The van der Waals surface area contributed by atoms with E-state index in [4.69, 9.17) is 5.11 Å². The Morgan fingerprint density at radius 2 is 1.81 bits per heavy atom. The molecule has 0 amide bonds. The predicted molar refractivity (Wildman–Crippen MR) is 66.6 cm³/mol. The molecule has 3 nitrogen and oxygen atoms in total. The summed E-state index contributed by atoms with van der Waals surface area (Å²) in [6.07, 6.45) is 2.98. The molecule has 0 aliphatic heterocycles. The first-order chi connectivity index (χ1) is 7.79. The van der Waals surface area contributed by atoms with Gasteiger partial charge in [-0.25, -0.2) is 0 Å². The molecular weight excluding hydrogens is 202 g/mol. The highest BCUT2D eigenvalue weighted by Crippen LogP contribution is 2.19. The maximum absolute atomic E-state index is 9.22. The van der Waals surface area contributed by atoms with E-state index in [9.17, 15) is 5.11 Å². The number of nitrogens with zero attached hydrogens (tertiary/aromatic N) is 1. The summed E-state index contributed by atoms with van der Waals surface area (Å²) in [5, 5.41) is 17.9. The molecule has 0 bridgehead atoms. The van der Waals surface area contributed by atoms with E-state index in [2.05, 4.69) is 4.90 Å². The first-order valence-corrected chi connectivity index (χ1v) is 5.80. The SMILES string of the molecule is CN(CCCCCO)c1ccccc1CO. The number of benzene rings is 1. The van der Waals surface area contributed by atoms with E-state index in [1.807, 2.05) is 31.3 Å². The lowest BCUT2D eigenvalue weighted by Gasteiger charge is -2.21. The molecule has 90 valence electrons. The van der Waals surface area contributed by atoms with Gasteiger partial charge in [-0.1, -0.05) is 18.2 Å². The molecule has 2 N–H and O–H groups in total. The number of hydrogen-bond acceptors (Lipinski definition) is 3. The van der Waals surface area contributed by atoms with Gasteiger partial charge in [-0.05, 0) is 25.3 Å². The Balaban J connectivity index is 2.48. The fraction of sp³-hybridized carbons (Fsp3) is 0.538. The van der Waals surface area contributed by atoms with Crippen LogP contribution in [0.25, 0.3) is 0 Å². The number of aliphatic hydroxyl groups excluding tert-OH is 2. The average Bonchev–Trinajstić information content (AvgIpc) is 2.34. The van der Waals surface area contributed by atoms with Gasteiger partial charge in [0.2, 0.25) is 0 Å². The fourth-order valence-corrected chi connectivity index (χ4v) is 1.77. The van der Waals surface area contributed by atoms with E-state index in [0.717, 1.165) is 37.1 Å². The number of rotatable bonds is 7. The van der Waals surface area contributed by atoms with Gasteiger partial charge < -0.3 is 15.1 Å². The number of aliphatic hydroxyl groups is 2. The molecule has 16 heavy (non-hydrogen) atoms. The summed E-state index contributed by atoms with van der Waals surface area (Å²) in [5.74, 6) is 0. The summed E-state index contributed by atoms with van der Waals surface area (Å²) in [6.45, 7) is 1.31. The van der Waals surface area contributed by atoms with Gasteiger partial charge in [-0.15, -0.1) is 0 Å². The monoisotopic (exact) mass is 223 g/mol. The van der Waals surface area contributed by atoms with Crippen molar-refractivity contribution in [2.24, 2.45) is 0 Å². The highest BCUT2D eigenvalue weighted by molar-refractivity contribution is 5.52. The van der Waals surface area contributed by atoms with Crippen molar-refractivity contribution in [2.75, 3.05) is 25.1 Å². The van der Waals surface area contributed by atoms with Gasteiger partial charge in [-0.3, -0.25) is 0 Å². The average molecular weight is 223 g/mol. The van der Waals surface area contributed by atoms with Gasteiger partial charge >= 0.3 is 0 Å². The van der Waals surface area contributed by atoms with E-state index in [1.54, 1.807) is 0 Å². The Bertz CT molecular complexity index is 302. The molecular formula is C13H21NO2. The van der Waals surface area contributed by atoms with Crippen LogP contribution >= 0.6 is 0 Å². The van der Waals surface area contributed by atoms with Crippen LogP contribution in [0.1, 0.15) is 24.8 Å². The molecule has 0 saturated carbocycles. The molecule has 3 heteroatoms. The van der Waals surface area contributed by atoms with E-state index < -0.39 is 0 Å². The molecule has 1 aromatic carbocycles. The second-order valence-corrected chi connectivity index (χ2v) is 3.99. The molecule has 1 aromatic rings. The van der Waals surface area contributed by atoms with Crippen molar-refractivity contribution in [3.05, 3.63) is 29.8 Å². The lowest BCUT2D eigenvalue weighted by Crippen LogP contribution is -2.20. The van der Waals surface area contributed by atoms with Gasteiger partial charge in [0.15, 0.2) is 0 Å². The van der Waals surface area contributed by atoms with Gasteiger partial charge in [0.1, 0.15) is 0 Å². The number of para-hydroxylation sites is 1. The highest BCUT2D eigenvalue weighted by Gasteiger charge is 2.05. The normalized spacial score (nSPS) is 10.4. The van der Waals surface area contributed by atoms with E-state index in [0.29, 0.717) is 0 Å². The molecule has 0 spiro atoms. The van der Waals surface area contributed by atoms with E-state index in [1.165, 1.54) is 0 Å². The predicted octanol–water partition coefficient (Wildman–Crippen LogP) is 1.78. The maximum atomic E-state index is 9.22. The molecule has 0 radical (unpaired) electrons. The zero-order valence-electron chi connectivity index (χ0n) is 9.89. The largest absolute Gasteiger partial charge is 0.396 e. The molecule has 0 fully saturated rings. The zero-order chi connectivity index (χ0) is 11.8. The Morgan fingerprint density at radius 1 is 1.06 bits per heavy atom. The Morgan fingerprint density at radius 3 is 2.50 bits per heavy atom. The first-order valence-electron chi connectivity index (χ1n) is 5.80. The van der Waals surface area contributed by atoms with Crippen molar-refractivity contribution in [3.8, 4) is 0 Å². The molecule has 0 heterocycles. The highest BCUT2D eigenvalue weighted by atomic mass is 16.3. The Labute approximate surface area is 97.3 Å². The van der Waals surface area contributed by atoms with E-state index >= 15 is 0 Å². The molecule has 0 saturated heterocycles. The summed E-state index contributed by atoms with van der Waals surface area (Å²) in [4.78, 5) is 2.16. The summed E-state index contributed by atoms with van der Waals surface area (Å²) in [5.41, 5.74) is 2.06. The van der Waals surface area contributed by atoms with Crippen LogP contribution < -0.4 is 4.90 Å². The lowest BCUT2D eigenvalue weighted by atomic mass is 10.1. The van der Waals surface area contributed by atoms with Crippen LogP contribution in [0.3, 0.4) is 0 Å². The minimum Gasteiger partial charge on any atom is -0.396 e. The zero-order valence-corrected chi connectivity index (χ0v) is 9.89. The fourth-order valence-electron chi connectivity index (χ4n) is 1.77.